The molecule has 110 valence electrons. The topological polar surface area (TPSA) is 72.2 Å². The maximum Gasteiger partial charge on any atom is 0.138 e. The largest absolute Gasteiger partial charge is 0.388 e. The van der Waals surface area contributed by atoms with Crippen LogP contribution in [-0.4, -0.2) is 52.3 Å². The van der Waals surface area contributed by atoms with E-state index < -0.39 is 5.60 Å². The van der Waals surface area contributed by atoms with Gasteiger partial charge >= 0.3 is 0 Å². The molecule has 0 amide bonds. The first-order chi connectivity index (χ1) is 8.94. The smallest absolute Gasteiger partial charge is 0.138 e. The van der Waals surface area contributed by atoms with E-state index in [0.717, 1.165) is 18.9 Å². The molecule has 0 aliphatic heterocycles. The molecule has 6 nitrogen and oxygen atoms in total. The zero-order chi connectivity index (χ0) is 14.3. The molecule has 0 radical (unpaired) electrons. The van der Waals surface area contributed by atoms with Gasteiger partial charge in [-0.05, 0) is 12.8 Å². The van der Waals surface area contributed by atoms with Crippen LogP contribution >= 0.6 is 0 Å². The first-order valence-corrected chi connectivity index (χ1v) is 6.73. The SMILES string of the molecule is COCCNCC(C)(O)Cc1ncnn1CC(C)C. The first-order valence-electron chi connectivity index (χ1n) is 6.73. The van der Waals surface area contributed by atoms with Gasteiger partial charge in [0.2, 0.25) is 0 Å². The third-order valence-corrected chi connectivity index (χ3v) is 2.76. The molecule has 0 saturated heterocycles. The van der Waals surface area contributed by atoms with Crippen molar-refractivity contribution >= 4 is 0 Å². The lowest BCUT2D eigenvalue weighted by Crippen LogP contribution is -2.41. The van der Waals surface area contributed by atoms with Crippen LogP contribution in [-0.2, 0) is 17.7 Å². The van der Waals surface area contributed by atoms with Crippen LogP contribution in [0.5, 0.6) is 0 Å². The van der Waals surface area contributed by atoms with Gasteiger partial charge in [-0.2, -0.15) is 5.10 Å². The molecule has 1 heterocycles. The molecule has 0 fully saturated rings. The fourth-order valence-corrected chi connectivity index (χ4v) is 1.86. The van der Waals surface area contributed by atoms with Crippen LogP contribution in [0, 0.1) is 5.92 Å². The first kappa shape index (κ1) is 16.1. The second-order valence-corrected chi connectivity index (χ2v) is 5.60. The summed E-state index contributed by atoms with van der Waals surface area (Å²) < 4.78 is 6.82. The zero-order valence-corrected chi connectivity index (χ0v) is 12.4. The highest BCUT2D eigenvalue weighted by Crippen LogP contribution is 2.11. The van der Waals surface area contributed by atoms with Crippen LogP contribution in [0.15, 0.2) is 6.33 Å². The van der Waals surface area contributed by atoms with Crippen molar-refractivity contribution in [2.45, 2.75) is 39.3 Å². The maximum atomic E-state index is 10.4. The summed E-state index contributed by atoms with van der Waals surface area (Å²) in [5, 5.41) is 17.7. The fourth-order valence-electron chi connectivity index (χ4n) is 1.86. The predicted octanol–water partition coefficient (Wildman–Crippen LogP) is 0.464. The molecule has 0 spiro atoms. The lowest BCUT2D eigenvalue weighted by atomic mass is 10.0. The highest BCUT2D eigenvalue weighted by Gasteiger charge is 2.23. The van der Waals surface area contributed by atoms with E-state index >= 15 is 0 Å². The highest BCUT2D eigenvalue weighted by atomic mass is 16.5. The average molecular weight is 270 g/mol. The Bertz CT molecular complexity index is 363. The van der Waals surface area contributed by atoms with Crippen LogP contribution in [0.4, 0.5) is 0 Å². The summed E-state index contributed by atoms with van der Waals surface area (Å²) in [5.41, 5.74) is -0.838. The van der Waals surface area contributed by atoms with Gasteiger partial charge in [0, 0.05) is 33.2 Å². The van der Waals surface area contributed by atoms with E-state index in [1.54, 1.807) is 20.4 Å². The summed E-state index contributed by atoms with van der Waals surface area (Å²) in [5.74, 6) is 1.33. The van der Waals surface area contributed by atoms with Gasteiger partial charge in [0.1, 0.15) is 12.2 Å². The number of methoxy groups -OCH3 is 1. The van der Waals surface area contributed by atoms with Gasteiger partial charge in [0.05, 0.1) is 12.2 Å². The Kier molecular flexibility index (Phi) is 6.41. The molecule has 19 heavy (non-hydrogen) atoms. The minimum absolute atomic E-state index is 0.486. The predicted molar refractivity (Wildman–Crippen MR) is 73.9 cm³/mol. The molecule has 6 heteroatoms. The van der Waals surface area contributed by atoms with Crippen molar-refractivity contribution in [3.05, 3.63) is 12.2 Å². The molecule has 1 aromatic heterocycles. The van der Waals surface area contributed by atoms with Gasteiger partial charge in [-0.15, -0.1) is 0 Å². The number of rotatable bonds is 9. The van der Waals surface area contributed by atoms with E-state index in [1.165, 1.54) is 0 Å². The summed E-state index contributed by atoms with van der Waals surface area (Å²) in [7, 11) is 1.66. The summed E-state index contributed by atoms with van der Waals surface area (Å²) in [4.78, 5) is 4.24. The van der Waals surface area contributed by atoms with Crippen molar-refractivity contribution in [3.63, 3.8) is 0 Å². The van der Waals surface area contributed by atoms with Gasteiger partial charge in [0.25, 0.3) is 0 Å². The lowest BCUT2D eigenvalue weighted by molar-refractivity contribution is 0.0548. The number of nitrogens with one attached hydrogen (secondary N) is 1. The minimum atomic E-state index is -0.838. The van der Waals surface area contributed by atoms with E-state index in [-0.39, 0.29) is 0 Å². The Hall–Kier alpha value is -0.980. The van der Waals surface area contributed by atoms with E-state index in [4.69, 9.17) is 4.74 Å². The van der Waals surface area contributed by atoms with E-state index in [9.17, 15) is 5.11 Å². The van der Waals surface area contributed by atoms with Crippen molar-refractivity contribution in [1.82, 2.24) is 20.1 Å². The summed E-state index contributed by atoms with van der Waals surface area (Å²) in [6.07, 6.45) is 2.03. The van der Waals surface area contributed by atoms with Crippen molar-refractivity contribution in [3.8, 4) is 0 Å². The summed E-state index contributed by atoms with van der Waals surface area (Å²) in [6.45, 7) is 8.77. The number of aromatic nitrogens is 3. The summed E-state index contributed by atoms with van der Waals surface area (Å²) >= 11 is 0. The third-order valence-electron chi connectivity index (χ3n) is 2.76. The van der Waals surface area contributed by atoms with Crippen molar-refractivity contribution < 1.29 is 9.84 Å². The van der Waals surface area contributed by atoms with Gasteiger partial charge in [-0.3, -0.25) is 0 Å². The number of aliphatic hydroxyl groups is 1. The van der Waals surface area contributed by atoms with E-state index in [2.05, 4.69) is 29.2 Å². The van der Waals surface area contributed by atoms with Gasteiger partial charge in [-0.25, -0.2) is 9.67 Å². The molecule has 0 aliphatic carbocycles. The van der Waals surface area contributed by atoms with E-state index in [1.807, 2.05) is 4.68 Å². The minimum Gasteiger partial charge on any atom is -0.388 e. The molecule has 1 rings (SSSR count). The molecule has 0 saturated carbocycles. The zero-order valence-electron chi connectivity index (χ0n) is 12.4. The number of ether oxygens (including phenoxy) is 1. The Labute approximate surface area is 115 Å². The van der Waals surface area contributed by atoms with Crippen LogP contribution in [0.3, 0.4) is 0 Å². The van der Waals surface area contributed by atoms with Gasteiger partial charge in [0.15, 0.2) is 0 Å². The molecule has 2 N–H and O–H groups in total. The molecule has 1 unspecified atom stereocenters. The normalized spacial score (nSPS) is 14.8. The Morgan fingerprint density at radius 3 is 2.89 bits per heavy atom. The molecule has 1 atom stereocenters. The molecule has 0 aliphatic rings. The fraction of sp³-hybridized carbons (Fsp3) is 0.846. The quantitative estimate of drug-likeness (QED) is 0.638. The molecule has 1 aromatic rings. The highest BCUT2D eigenvalue weighted by molar-refractivity contribution is 4.94. The van der Waals surface area contributed by atoms with Crippen molar-refractivity contribution in [1.29, 1.82) is 0 Å². The summed E-state index contributed by atoms with van der Waals surface area (Å²) in [6, 6.07) is 0. The standard InChI is InChI=1S/C13H26N4O2/c1-11(2)8-17-12(15-10-16-17)7-13(3,18)9-14-5-6-19-4/h10-11,14,18H,5-9H2,1-4H3. The maximum absolute atomic E-state index is 10.4. The number of hydrogen-bond donors (Lipinski definition) is 2. The number of hydrogen-bond acceptors (Lipinski definition) is 5. The van der Waals surface area contributed by atoms with Crippen molar-refractivity contribution in [2.75, 3.05) is 26.8 Å². The van der Waals surface area contributed by atoms with Crippen LogP contribution in [0.2, 0.25) is 0 Å². The Balaban J connectivity index is 2.50. The van der Waals surface area contributed by atoms with Gasteiger partial charge < -0.3 is 15.2 Å². The average Bonchev–Trinajstić information content (AvgIpc) is 2.70. The van der Waals surface area contributed by atoms with Gasteiger partial charge in [-0.1, -0.05) is 13.8 Å². The second-order valence-electron chi connectivity index (χ2n) is 5.60. The lowest BCUT2D eigenvalue weighted by Gasteiger charge is -2.23. The van der Waals surface area contributed by atoms with Crippen molar-refractivity contribution in [2.24, 2.45) is 5.92 Å². The Morgan fingerprint density at radius 2 is 2.26 bits per heavy atom. The number of nitrogens with zero attached hydrogens (tertiary/aromatic N) is 3. The Morgan fingerprint density at radius 1 is 1.53 bits per heavy atom. The second kappa shape index (κ2) is 7.57. The molecule has 0 bridgehead atoms. The van der Waals surface area contributed by atoms with Crippen LogP contribution < -0.4 is 5.32 Å². The molecular formula is C13H26N4O2. The monoisotopic (exact) mass is 270 g/mol. The molecular weight excluding hydrogens is 244 g/mol. The third kappa shape index (κ3) is 6.13. The van der Waals surface area contributed by atoms with Crippen LogP contribution in [0.25, 0.3) is 0 Å². The molecule has 0 aromatic carbocycles. The van der Waals surface area contributed by atoms with E-state index in [0.29, 0.717) is 25.5 Å². The van der Waals surface area contributed by atoms with Crippen LogP contribution in [0.1, 0.15) is 26.6 Å².